The molecule has 154 valence electrons. The first-order valence-electron chi connectivity index (χ1n) is 10.2. The molecule has 28 heavy (non-hydrogen) atoms. The van der Waals surface area contributed by atoms with Crippen molar-refractivity contribution in [1.82, 2.24) is 0 Å². The van der Waals surface area contributed by atoms with Crippen LogP contribution in [0.5, 0.6) is 11.5 Å². The third-order valence-electron chi connectivity index (χ3n) is 5.10. The maximum Gasteiger partial charge on any atom is 0.196 e. The lowest BCUT2D eigenvalue weighted by Gasteiger charge is -2.30. The minimum Gasteiger partial charge on any atom is -0.465 e. The number of benzene rings is 2. The smallest absolute Gasteiger partial charge is 0.196 e. The maximum atomic E-state index is 5.78. The Hall–Kier alpha value is -2.04. The van der Waals surface area contributed by atoms with Crippen LogP contribution in [0, 0.1) is 0 Å². The van der Waals surface area contributed by atoms with Crippen molar-refractivity contribution in [3.63, 3.8) is 0 Å². The Morgan fingerprint density at radius 1 is 0.679 bits per heavy atom. The van der Waals surface area contributed by atoms with Crippen molar-refractivity contribution in [3.8, 4) is 11.5 Å². The third kappa shape index (κ3) is 5.73. The average molecular weight is 387 g/mol. The number of hydrogen-bond donors (Lipinski definition) is 0. The van der Waals surface area contributed by atoms with Crippen molar-refractivity contribution < 1.29 is 18.9 Å². The molecule has 4 nitrogen and oxygen atoms in total. The van der Waals surface area contributed by atoms with Crippen molar-refractivity contribution >= 4 is 0 Å². The molecule has 4 heteroatoms. The Morgan fingerprint density at radius 3 is 1.32 bits per heavy atom. The Labute approximate surface area is 169 Å². The second-order valence-corrected chi connectivity index (χ2v) is 7.02. The highest BCUT2D eigenvalue weighted by atomic mass is 16.7. The van der Waals surface area contributed by atoms with Gasteiger partial charge in [-0.2, -0.15) is 0 Å². The topological polar surface area (TPSA) is 36.9 Å². The van der Waals surface area contributed by atoms with Gasteiger partial charge in [0.1, 0.15) is 11.5 Å². The molecular formula is C24H34O4. The summed E-state index contributed by atoms with van der Waals surface area (Å²) in [4.78, 5) is 0. The zero-order valence-electron chi connectivity index (χ0n) is 18.0. The number of rotatable bonds is 11. The molecule has 0 radical (unpaired) electrons. The molecule has 0 saturated heterocycles. The van der Waals surface area contributed by atoms with Crippen LogP contribution in [0.15, 0.2) is 48.5 Å². The van der Waals surface area contributed by atoms with Crippen molar-refractivity contribution in [3.05, 3.63) is 59.7 Å². The van der Waals surface area contributed by atoms with E-state index < -0.39 is 0 Å². The summed E-state index contributed by atoms with van der Waals surface area (Å²) in [5.74, 6) is 1.63. The molecule has 0 saturated carbocycles. The standard InChI is InChI=1S/C24H34O4/c1-7-24(6,20-10-14-22(15-11-20)27-18(4)25-8-2)21-12-16-23(17-13-21)28-19(5)26-9-3/h10-19H,7-9H2,1-6H3. The van der Waals surface area contributed by atoms with Gasteiger partial charge in [-0.25, -0.2) is 0 Å². The molecule has 0 aliphatic heterocycles. The first-order chi connectivity index (χ1) is 13.4. The van der Waals surface area contributed by atoms with Gasteiger partial charge in [-0.15, -0.1) is 0 Å². The molecule has 0 spiro atoms. The number of hydrogen-bond acceptors (Lipinski definition) is 4. The molecule has 2 aromatic carbocycles. The van der Waals surface area contributed by atoms with Crippen molar-refractivity contribution in [2.45, 2.75) is 66.0 Å². The second-order valence-electron chi connectivity index (χ2n) is 7.02. The molecule has 0 bridgehead atoms. The summed E-state index contributed by atoms with van der Waals surface area (Å²) in [7, 11) is 0. The first kappa shape index (κ1) is 22.3. The molecule has 0 aromatic heterocycles. The fourth-order valence-corrected chi connectivity index (χ4v) is 3.30. The second kappa shape index (κ2) is 10.5. The van der Waals surface area contributed by atoms with Crippen LogP contribution in [0.2, 0.25) is 0 Å². The lowest BCUT2D eigenvalue weighted by Crippen LogP contribution is -2.23. The predicted molar refractivity (Wildman–Crippen MR) is 113 cm³/mol. The molecule has 2 aromatic rings. The molecule has 0 fully saturated rings. The van der Waals surface area contributed by atoms with Gasteiger partial charge in [-0.1, -0.05) is 38.1 Å². The van der Waals surface area contributed by atoms with Gasteiger partial charge >= 0.3 is 0 Å². The first-order valence-corrected chi connectivity index (χ1v) is 10.2. The Bertz CT molecular complexity index is 636. The van der Waals surface area contributed by atoms with E-state index in [2.05, 4.69) is 38.1 Å². The maximum absolute atomic E-state index is 5.78. The van der Waals surface area contributed by atoms with Gasteiger partial charge in [0.2, 0.25) is 0 Å². The van der Waals surface area contributed by atoms with Gasteiger partial charge < -0.3 is 18.9 Å². The zero-order valence-corrected chi connectivity index (χ0v) is 18.0. The van der Waals surface area contributed by atoms with Gasteiger partial charge in [0.25, 0.3) is 0 Å². The highest BCUT2D eigenvalue weighted by Crippen LogP contribution is 2.36. The van der Waals surface area contributed by atoms with Crippen LogP contribution in [-0.2, 0) is 14.9 Å². The molecule has 0 aliphatic rings. The highest BCUT2D eigenvalue weighted by Gasteiger charge is 2.27. The monoisotopic (exact) mass is 386 g/mol. The third-order valence-corrected chi connectivity index (χ3v) is 5.10. The molecule has 2 unspecified atom stereocenters. The summed E-state index contributed by atoms with van der Waals surface area (Å²) in [6, 6.07) is 16.6. The summed E-state index contributed by atoms with van der Waals surface area (Å²) in [6.07, 6.45) is 0.484. The Balaban J connectivity index is 2.15. The zero-order chi connectivity index (χ0) is 20.6. The Morgan fingerprint density at radius 2 is 1.04 bits per heavy atom. The van der Waals surface area contributed by atoms with E-state index in [1.54, 1.807) is 0 Å². The minimum atomic E-state index is -0.250. The lowest BCUT2D eigenvalue weighted by molar-refractivity contribution is -0.0616. The van der Waals surface area contributed by atoms with E-state index in [0.29, 0.717) is 13.2 Å². The highest BCUT2D eigenvalue weighted by molar-refractivity contribution is 5.42. The van der Waals surface area contributed by atoms with E-state index in [1.807, 2.05) is 52.0 Å². The van der Waals surface area contributed by atoms with E-state index in [-0.39, 0.29) is 18.0 Å². The van der Waals surface area contributed by atoms with E-state index in [1.165, 1.54) is 11.1 Å². The lowest BCUT2D eigenvalue weighted by atomic mass is 9.74. The van der Waals surface area contributed by atoms with E-state index in [9.17, 15) is 0 Å². The summed E-state index contributed by atoms with van der Waals surface area (Å²) >= 11 is 0. The quantitative estimate of drug-likeness (QED) is 0.449. The van der Waals surface area contributed by atoms with Crippen molar-refractivity contribution in [2.75, 3.05) is 13.2 Å². The van der Waals surface area contributed by atoms with Gasteiger partial charge in [-0.3, -0.25) is 0 Å². The minimum absolute atomic E-state index is 0.0892. The summed E-state index contributed by atoms with van der Waals surface area (Å²) in [5, 5.41) is 0. The normalized spacial score (nSPS) is 15.5. The molecule has 0 amide bonds. The van der Waals surface area contributed by atoms with Gasteiger partial charge in [0, 0.05) is 18.6 Å². The van der Waals surface area contributed by atoms with Gasteiger partial charge in [-0.05, 0) is 69.5 Å². The molecule has 0 aliphatic carbocycles. The molecular weight excluding hydrogens is 352 g/mol. The van der Waals surface area contributed by atoms with Crippen molar-refractivity contribution in [1.29, 1.82) is 0 Å². The van der Waals surface area contributed by atoms with E-state index in [4.69, 9.17) is 18.9 Å². The average Bonchev–Trinajstić information content (AvgIpc) is 2.69. The molecule has 2 rings (SSSR count). The van der Waals surface area contributed by atoms with Crippen LogP contribution in [0.4, 0.5) is 0 Å². The van der Waals surface area contributed by atoms with Crippen LogP contribution >= 0.6 is 0 Å². The summed E-state index contributed by atoms with van der Waals surface area (Å²) < 4.78 is 22.5. The molecule has 2 atom stereocenters. The molecule has 0 heterocycles. The van der Waals surface area contributed by atoms with Crippen LogP contribution in [-0.4, -0.2) is 25.8 Å². The number of ether oxygens (including phenoxy) is 4. The van der Waals surface area contributed by atoms with Crippen LogP contribution in [0.3, 0.4) is 0 Å². The predicted octanol–water partition coefficient (Wildman–Crippen LogP) is 5.93. The van der Waals surface area contributed by atoms with Gasteiger partial charge in [0.05, 0.1) is 0 Å². The summed E-state index contributed by atoms with van der Waals surface area (Å²) in [5.41, 5.74) is 2.42. The van der Waals surface area contributed by atoms with Crippen molar-refractivity contribution in [2.24, 2.45) is 0 Å². The largest absolute Gasteiger partial charge is 0.465 e. The van der Waals surface area contributed by atoms with Crippen LogP contribution in [0.1, 0.15) is 59.1 Å². The fourth-order valence-electron chi connectivity index (χ4n) is 3.30. The molecule has 0 N–H and O–H groups in total. The SMILES string of the molecule is CCOC(C)Oc1ccc(C(C)(CC)c2ccc(OC(C)OCC)cc2)cc1. The van der Waals surface area contributed by atoms with E-state index in [0.717, 1.165) is 17.9 Å². The van der Waals surface area contributed by atoms with Gasteiger partial charge in [0.15, 0.2) is 12.6 Å². The van der Waals surface area contributed by atoms with Crippen LogP contribution < -0.4 is 9.47 Å². The Kier molecular flexibility index (Phi) is 8.34. The van der Waals surface area contributed by atoms with E-state index >= 15 is 0 Å². The fraction of sp³-hybridized carbons (Fsp3) is 0.500. The van der Waals surface area contributed by atoms with Crippen LogP contribution in [0.25, 0.3) is 0 Å². The summed E-state index contributed by atoms with van der Waals surface area (Å²) in [6.45, 7) is 13.5.